The van der Waals surface area contributed by atoms with Crippen LogP contribution in [-0.2, 0) is 4.79 Å². The van der Waals surface area contributed by atoms with Crippen molar-refractivity contribution in [3.8, 4) is 0 Å². The van der Waals surface area contributed by atoms with Crippen molar-refractivity contribution in [2.45, 2.75) is 33.1 Å². The molecule has 2 rings (SSSR count). The van der Waals surface area contributed by atoms with Gasteiger partial charge in [-0.3, -0.25) is 9.78 Å². The van der Waals surface area contributed by atoms with E-state index in [0.29, 0.717) is 5.92 Å². The van der Waals surface area contributed by atoms with E-state index in [0.717, 1.165) is 38.9 Å². The third-order valence-corrected chi connectivity index (χ3v) is 3.84. The summed E-state index contributed by atoms with van der Waals surface area (Å²) in [6, 6.07) is 4.03. The number of nitrogens with one attached hydrogen (secondary N) is 1. The lowest BCUT2D eigenvalue weighted by Gasteiger charge is -2.33. The van der Waals surface area contributed by atoms with E-state index in [2.05, 4.69) is 29.0 Å². The smallest absolute Gasteiger partial charge is 0.224 e. The molecule has 1 fully saturated rings. The van der Waals surface area contributed by atoms with Crippen molar-refractivity contribution in [2.24, 2.45) is 11.8 Å². The topological polar surface area (TPSA) is 45.2 Å². The average Bonchev–Trinajstić information content (AvgIpc) is 2.48. The first kappa shape index (κ1) is 14.8. The molecule has 0 spiro atoms. The third-order valence-electron chi connectivity index (χ3n) is 3.84. The van der Waals surface area contributed by atoms with Crippen molar-refractivity contribution in [3.63, 3.8) is 0 Å². The molecule has 1 N–H and O–H groups in total. The van der Waals surface area contributed by atoms with Gasteiger partial charge in [0.15, 0.2) is 0 Å². The number of aromatic nitrogens is 1. The molecule has 1 aliphatic rings. The van der Waals surface area contributed by atoms with Gasteiger partial charge in [0.1, 0.15) is 0 Å². The van der Waals surface area contributed by atoms with Crippen LogP contribution in [0.15, 0.2) is 24.5 Å². The predicted molar refractivity (Wildman–Crippen MR) is 81.6 cm³/mol. The van der Waals surface area contributed by atoms with E-state index in [1.165, 1.54) is 5.69 Å². The minimum absolute atomic E-state index is 0.115. The van der Waals surface area contributed by atoms with Crippen molar-refractivity contribution >= 4 is 11.6 Å². The van der Waals surface area contributed by atoms with E-state index in [1.54, 1.807) is 0 Å². The van der Waals surface area contributed by atoms with Gasteiger partial charge in [-0.1, -0.05) is 13.8 Å². The maximum Gasteiger partial charge on any atom is 0.224 e. The number of piperidine rings is 1. The first-order valence-electron chi connectivity index (χ1n) is 7.59. The molecule has 4 heteroatoms. The van der Waals surface area contributed by atoms with Gasteiger partial charge in [-0.15, -0.1) is 0 Å². The highest BCUT2D eigenvalue weighted by Gasteiger charge is 2.25. The minimum Gasteiger partial charge on any atom is -0.371 e. The summed E-state index contributed by atoms with van der Waals surface area (Å²) in [7, 11) is 0. The van der Waals surface area contributed by atoms with Crippen molar-refractivity contribution in [3.05, 3.63) is 24.5 Å². The summed E-state index contributed by atoms with van der Waals surface area (Å²) >= 11 is 0. The molecule has 0 saturated carbocycles. The summed E-state index contributed by atoms with van der Waals surface area (Å²) in [6.07, 6.45) is 6.73. The monoisotopic (exact) mass is 275 g/mol. The Morgan fingerprint density at radius 3 is 2.90 bits per heavy atom. The minimum atomic E-state index is 0.115. The quantitative estimate of drug-likeness (QED) is 0.898. The molecule has 110 valence electrons. The summed E-state index contributed by atoms with van der Waals surface area (Å²) in [5.74, 6) is 0.962. The zero-order valence-electron chi connectivity index (χ0n) is 12.5. The highest BCUT2D eigenvalue weighted by Crippen LogP contribution is 2.22. The Balaban J connectivity index is 1.85. The molecule has 0 bridgehead atoms. The standard InChI is InChI=1S/C16H25N3O/c1-13(2)5-10-18-16(20)14-4-3-11-19(12-14)15-6-8-17-9-7-15/h6-9,13-14H,3-5,10-12H2,1-2H3,(H,18,20). The Kier molecular flexibility index (Phi) is 5.39. The lowest BCUT2D eigenvalue weighted by Crippen LogP contribution is -2.43. The summed E-state index contributed by atoms with van der Waals surface area (Å²) in [4.78, 5) is 18.5. The Bertz CT molecular complexity index is 419. The molecule has 0 aliphatic carbocycles. The predicted octanol–water partition coefficient (Wildman–Crippen LogP) is 2.46. The van der Waals surface area contributed by atoms with Crippen LogP contribution in [0.1, 0.15) is 33.1 Å². The van der Waals surface area contributed by atoms with Crippen molar-refractivity contribution in [2.75, 3.05) is 24.5 Å². The molecule has 1 amide bonds. The summed E-state index contributed by atoms with van der Waals surface area (Å²) < 4.78 is 0. The van der Waals surface area contributed by atoms with E-state index in [4.69, 9.17) is 0 Å². The number of carbonyl (C=O) groups is 1. The zero-order chi connectivity index (χ0) is 14.4. The first-order valence-corrected chi connectivity index (χ1v) is 7.59. The van der Waals surface area contributed by atoms with Gasteiger partial charge in [-0.05, 0) is 37.3 Å². The van der Waals surface area contributed by atoms with Gasteiger partial charge < -0.3 is 10.2 Å². The van der Waals surface area contributed by atoms with Crippen molar-refractivity contribution in [1.29, 1.82) is 0 Å². The van der Waals surface area contributed by atoms with E-state index in [1.807, 2.05) is 24.5 Å². The number of nitrogens with zero attached hydrogens (tertiary/aromatic N) is 2. The molecule has 20 heavy (non-hydrogen) atoms. The van der Waals surface area contributed by atoms with Crippen LogP contribution < -0.4 is 10.2 Å². The maximum absolute atomic E-state index is 12.2. The molecule has 1 aromatic heterocycles. The lowest BCUT2D eigenvalue weighted by molar-refractivity contribution is -0.125. The van der Waals surface area contributed by atoms with E-state index in [-0.39, 0.29) is 11.8 Å². The number of hydrogen-bond donors (Lipinski definition) is 1. The van der Waals surface area contributed by atoms with Gasteiger partial charge in [-0.2, -0.15) is 0 Å². The van der Waals surface area contributed by atoms with Gasteiger partial charge in [0.25, 0.3) is 0 Å². The second-order valence-electron chi connectivity index (χ2n) is 5.96. The van der Waals surface area contributed by atoms with Crippen LogP contribution in [0.3, 0.4) is 0 Å². The average molecular weight is 275 g/mol. The van der Waals surface area contributed by atoms with Gasteiger partial charge in [-0.25, -0.2) is 0 Å². The molecular formula is C16H25N3O. The number of hydrogen-bond acceptors (Lipinski definition) is 3. The zero-order valence-corrected chi connectivity index (χ0v) is 12.5. The summed E-state index contributed by atoms with van der Waals surface area (Å²) in [5, 5.41) is 3.08. The fraction of sp³-hybridized carbons (Fsp3) is 0.625. The molecule has 1 aliphatic heterocycles. The second kappa shape index (κ2) is 7.27. The molecule has 1 saturated heterocycles. The third kappa shape index (κ3) is 4.22. The highest BCUT2D eigenvalue weighted by molar-refractivity contribution is 5.79. The molecule has 1 unspecified atom stereocenters. The fourth-order valence-corrected chi connectivity index (χ4v) is 2.61. The number of amides is 1. The SMILES string of the molecule is CC(C)CCNC(=O)C1CCCN(c2ccncc2)C1. The van der Waals surface area contributed by atoms with Crippen molar-refractivity contribution in [1.82, 2.24) is 10.3 Å². The van der Waals surface area contributed by atoms with Crippen LogP contribution >= 0.6 is 0 Å². The van der Waals surface area contributed by atoms with Gasteiger partial charge in [0.05, 0.1) is 5.92 Å². The van der Waals surface area contributed by atoms with Crippen LogP contribution in [-0.4, -0.2) is 30.5 Å². The lowest BCUT2D eigenvalue weighted by atomic mass is 9.96. The largest absolute Gasteiger partial charge is 0.371 e. The van der Waals surface area contributed by atoms with E-state index >= 15 is 0 Å². The normalized spacial score (nSPS) is 19.1. The molecular weight excluding hydrogens is 250 g/mol. The second-order valence-corrected chi connectivity index (χ2v) is 5.96. The maximum atomic E-state index is 12.2. The summed E-state index contributed by atoms with van der Waals surface area (Å²) in [6.45, 7) is 7.00. The Hall–Kier alpha value is -1.58. The highest BCUT2D eigenvalue weighted by atomic mass is 16.1. The molecule has 2 heterocycles. The van der Waals surface area contributed by atoms with E-state index in [9.17, 15) is 4.79 Å². The Morgan fingerprint density at radius 2 is 2.20 bits per heavy atom. The molecule has 0 aromatic carbocycles. The van der Waals surface area contributed by atoms with Crippen molar-refractivity contribution < 1.29 is 4.79 Å². The molecule has 1 atom stereocenters. The number of pyridine rings is 1. The van der Waals surface area contributed by atoms with Crippen LogP contribution in [0.4, 0.5) is 5.69 Å². The number of anilines is 1. The fourth-order valence-electron chi connectivity index (χ4n) is 2.61. The Morgan fingerprint density at radius 1 is 1.45 bits per heavy atom. The summed E-state index contributed by atoms with van der Waals surface area (Å²) in [5.41, 5.74) is 1.17. The Labute approximate surface area is 121 Å². The van der Waals surface area contributed by atoms with Crippen LogP contribution in [0.25, 0.3) is 0 Å². The number of carbonyl (C=O) groups excluding carboxylic acids is 1. The van der Waals surface area contributed by atoms with Crippen LogP contribution in [0, 0.1) is 11.8 Å². The molecule has 1 aromatic rings. The number of rotatable bonds is 5. The van der Waals surface area contributed by atoms with Crippen LogP contribution in [0.5, 0.6) is 0 Å². The van der Waals surface area contributed by atoms with Gasteiger partial charge in [0, 0.05) is 37.7 Å². The van der Waals surface area contributed by atoms with Gasteiger partial charge in [0.2, 0.25) is 5.91 Å². The molecule has 0 radical (unpaired) electrons. The van der Waals surface area contributed by atoms with Gasteiger partial charge >= 0.3 is 0 Å². The van der Waals surface area contributed by atoms with Crippen LogP contribution in [0.2, 0.25) is 0 Å². The molecule has 4 nitrogen and oxygen atoms in total. The van der Waals surface area contributed by atoms with E-state index < -0.39 is 0 Å². The first-order chi connectivity index (χ1) is 9.66.